The maximum Gasteiger partial charge on any atom is 0.227 e. The Labute approximate surface area is 157 Å². The molecule has 142 valence electrons. The molecule has 2 aromatic carbocycles. The fraction of sp³-hybridized carbons (Fsp3) is 0.333. The maximum atomic E-state index is 13.7. The standard InChI is InChI=1S/C21H23FN2O3/c1-13(2)20(25)24-17-7-8-19-15(10-17)9-16(12-27-19)21(26)23-11-14-5-3-4-6-18(14)22/h3-8,10,13,16H,9,11-12H2,1-2H3,(H,23,26)(H,24,25)/t16-/m1/s1. The lowest BCUT2D eigenvalue weighted by atomic mass is 9.95. The summed E-state index contributed by atoms with van der Waals surface area (Å²) in [6.07, 6.45) is 0.504. The lowest BCUT2D eigenvalue weighted by molar-refractivity contribution is -0.126. The number of carbonyl (C=O) groups is 2. The molecular weight excluding hydrogens is 347 g/mol. The number of anilines is 1. The molecule has 3 rings (SSSR count). The van der Waals surface area contributed by atoms with Crippen LogP contribution in [0.2, 0.25) is 0 Å². The van der Waals surface area contributed by atoms with Crippen LogP contribution >= 0.6 is 0 Å². The van der Waals surface area contributed by atoms with Crippen molar-refractivity contribution in [2.24, 2.45) is 11.8 Å². The summed E-state index contributed by atoms with van der Waals surface area (Å²) in [7, 11) is 0. The first-order chi connectivity index (χ1) is 12.9. The molecule has 5 nitrogen and oxygen atoms in total. The van der Waals surface area contributed by atoms with Crippen molar-refractivity contribution in [3.63, 3.8) is 0 Å². The molecule has 0 unspecified atom stereocenters. The second-order valence-corrected chi connectivity index (χ2v) is 6.99. The largest absolute Gasteiger partial charge is 0.492 e. The molecule has 1 atom stereocenters. The Morgan fingerprint density at radius 1 is 1.22 bits per heavy atom. The number of amides is 2. The number of benzene rings is 2. The molecule has 2 aromatic rings. The zero-order valence-electron chi connectivity index (χ0n) is 15.4. The van der Waals surface area contributed by atoms with Crippen LogP contribution in [0.1, 0.15) is 25.0 Å². The van der Waals surface area contributed by atoms with E-state index >= 15 is 0 Å². The van der Waals surface area contributed by atoms with Gasteiger partial charge in [-0.15, -0.1) is 0 Å². The zero-order valence-corrected chi connectivity index (χ0v) is 15.4. The Morgan fingerprint density at radius 3 is 2.74 bits per heavy atom. The normalized spacial score (nSPS) is 15.6. The van der Waals surface area contributed by atoms with Gasteiger partial charge in [-0.1, -0.05) is 32.0 Å². The van der Waals surface area contributed by atoms with E-state index in [1.54, 1.807) is 30.3 Å². The van der Waals surface area contributed by atoms with E-state index in [1.165, 1.54) is 6.07 Å². The molecule has 0 aliphatic carbocycles. The van der Waals surface area contributed by atoms with Crippen LogP contribution in [0.4, 0.5) is 10.1 Å². The lowest BCUT2D eigenvalue weighted by Gasteiger charge is -2.25. The molecular formula is C21H23FN2O3. The van der Waals surface area contributed by atoms with Crippen molar-refractivity contribution >= 4 is 17.5 Å². The van der Waals surface area contributed by atoms with E-state index in [1.807, 2.05) is 19.9 Å². The lowest BCUT2D eigenvalue weighted by Crippen LogP contribution is -2.37. The van der Waals surface area contributed by atoms with Crippen LogP contribution < -0.4 is 15.4 Å². The molecule has 0 saturated heterocycles. The Balaban J connectivity index is 1.63. The summed E-state index contributed by atoms with van der Waals surface area (Å²) in [4.78, 5) is 24.3. The van der Waals surface area contributed by atoms with Crippen LogP contribution in [0.15, 0.2) is 42.5 Å². The topological polar surface area (TPSA) is 67.4 Å². The predicted molar refractivity (Wildman–Crippen MR) is 101 cm³/mol. The van der Waals surface area contributed by atoms with Crippen LogP contribution in [-0.4, -0.2) is 18.4 Å². The van der Waals surface area contributed by atoms with E-state index in [-0.39, 0.29) is 42.6 Å². The highest BCUT2D eigenvalue weighted by Crippen LogP contribution is 2.30. The van der Waals surface area contributed by atoms with Crippen molar-refractivity contribution in [3.8, 4) is 5.75 Å². The molecule has 0 saturated carbocycles. The zero-order chi connectivity index (χ0) is 19.4. The minimum Gasteiger partial charge on any atom is -0.492 e. The van der Waals surface area contributed by atoms with Crippen molar-refractivity contribution in [1.29, 1.82) is 0 Å². The SMILES string of the molecule is CC(C)C(=O)Nc1ccc2c(c1)C[C@@H](C(=O)NCc1ccccc1F)CO2. The second-order valence-electron chi connectivity index (χ2n) is 6.99. The van der Waals surface area contributed by atoms with Crippen LogP contribution in [0, 0.1) is 17.7 Å². The van der Waals surface area contributed by atoms with Gasteiger partial charge in [0.15, 0.2) is 0 Å². The highest BCUT2D eigenvalue weighted by molar-refractivity contribution is 5.92. The van der Waals surface area contributed by atoms with E-state index in [2.05, 4.69) is 10.6 Å². The molecule has 0 spiro atoms. The molecule has 2 N–H and O–H groups in total. The molecule has 0 bridgehead atoms. The van der Waals surface area contributed by atoms with E-state index < -0.39 is 0 Å². The molecule has 0 fully saturated rings. The summed E-state index contributed by atoms with van der Waals surface area (Å²) >= 11 is 0. The van der Waals surface area contributed by atoms with Crippen LogP contribution in [-0.2, 0) is 22.6 Å². The second kappa shape index (κ2) is 8.20. The number of hydrogen-bond acceptors (Lipinski definition) is 3. The van der Waals surface area contributed by atoms with Crippen molar-refractivity contribution < 1.29 is 18.7 Å². The molecule has 1 aliphatic heterocycles. The van der Waals surface area contributed by atoms with Crippen molar-refractivity contribution in [2.45, 2.75) is 26.8 Å². The number of hydrogen-bond donors (Lipinski definition) is 2. The van der Waals surface area contributed by atoms with E-state index in [0.29, 0.717) is 17.7 Å². The minimum atomic E-state index is -0.361. The average molecular weight is 370 g/mol. The van der Waals surface area contributed by atoms with Gasteiger partial charge in [0.05, 0.1) is 5.92 Å². The molecule has 27 heavy (non-hydrogen) atoms. The highest BCUT2D eigenvalue weighted by Gasteiger charge is 2.26. The van der Waals surface area contributed by atoms with E-state index in [0.717, 1.165) is 11.3 Å². The summed E-state index contributed by atoms with van der Waals surface area (Å²) in [5.41, 5.74) is 2.00. The molecule has 6 heteroatoms. The van der Waals surface area contributed by atoms with Crippen molar-refractivity contribution in [3.05, 3.63) is 59.4 Å². The van der Waals surface area contributed by atoms with Crippen LogP contribution in [0.3, 0.4) is 0 Å². The molecule has 0 radical (unpaired) electrons. The van der Waals surface area contributed by atoms with Gasteiger partial charge in [-0.2, -0.15) is 0 Å². The highest BCUT2D eigenvalue weighted by atomic mass is 19.1. The monoisotopic (exact) mass is 370 g/mol. The predicted octanol–water partition coefficient (Wildman–Crippen LogP) is 3.29. The fourth-order valence-corrected chi connectivity index (χ4v) is 2.90. The Kier molecular flexibility index (Phi) is 5.74. The van der Waals surface area contributed by atoms with Gasteiger partial charge in [0.2, 0.25) is 11.8 Å². The van der Waals surface area contributed by atoms with Crippen LogP contribution in [0.25, 0.3) is 0 Å². The van der Waals surface area contributed by atoms with Gasteiger partial charge >= 0.3 is 0 Å². The van der Waals surface area contributed by atoms with Gasteiger partial charge in [0, 0.05) is 23.7 Å². The first kappa shape index (κ1) is 18.9. The van der Waals surface area contributed by atoms with Crippen molar-refractivity contribution in [2.75, 3.05) is 11.9 Å². The Morgan fingerprint density at radius 2 is 2.00 bits per heavy atom. The van der Waals surface area contributed by atoms with Gasteiger partial charge < -0.3 is 15.4 Å². The third kappa shape index (κ3) is 4.64. The molecule has 1 aliphatic rings. The Bertz CT molecular complexity index is 851. The number of fused-ring (bicyclic) bond motifs is 1. The third-order valence-electron chi connectivity index (χ3n) is 4.54. The number of rotatable bonds is 5. The van der Waals surface area contributed by atoms with Crippen molar-refractivity contribution in [1.82, 2.24) is 5.32 Å². The van der Waals surface area contributed by atoms with Gasteiger partial charge in [-0.05, 0) is 36.2 Å². The quantitative estimate of drug-likeness (QED) is 0.849. The van der Waals surface area contributed by atoms with Gasteiger partial charge in [-0.25, -0.2) is 4.39 Å². The third-order valence-corrected chi connectivity index (χ3v) is 4.54. The Hall–Kier alpha value is -2.89. The minimum absolute atomic E-state index is 0.0640. The summed E-state index contributed by atoms with van der Waals surface area (Å²) in [5.74, 6) is -0.342. The molecule has 2 amide bonds. The van der Waals surface area contributed by atoms with Gasteiger partial charge in [-0.3, -0.25) is 9.59 Å². The summed E-state index contributed by atoms with van der Waals surface area (Å²) < 4.78 is 19.4. The van der Waals surface area contributed by atoms with Crippen LogP contribution in [0.5, 0.6) is 5.75 Å². The summed E-state index contributed by atoms with van der Waals surface area (Å²) in [6, 6.07) is 11.8. The fourth-order valence-electron chi connectivity index (χ4n) is 2.90. The average Bonchev–Trinajstić information content (AvgIpc) is 2.66. The summed E-state index contributed by atoms with van der Waals surface area (Å²) in [5, 5.41) is 5.63. The number of nitrogens with one attached hydrogen (secondary N) is 2. The molecule has 0 aromatic heterocycles. The number of carbonyl (C=O) groups excluding carboxylic acids is 2. The molecule has 1 heterocycles. The first-order valence-corrected chi connectivity index (χ1v) is 9.01. The van der Waals surface area contributed by atoms with E-state index in [9.17, 15) is 14.0 Å². The smallest absolute Gasteiger partial charge is 0.227 e. The van der Waals surface area contributed by atoms with Gasteiger partial charge in [0.1, 0.15) is 18.2 Å². The summed E-state index contributed by atoms with van der Waals surface area (Å²) in [6.45, 7) is 4.06. The number of halogens is 1. The maximum absolute atomic E-state index is 13.7. The van der Waals surface area contributed by atoms with E-state index in [4.69, 9.17) is 4.74 Å². The van der Waals surface area contributed by atoms with Gasteiger partial charge in [0.25, 0.3) is 0 Å². The first-order valence-electron chi connectivity index (χ1n) is 9.01. The number of ether oxygens (including phenoxy) is 1.